The van der Waals surface area contributed by atoms with Crippen LogP contribution in [-0.4, -0.2) is 28.3 Å². The summed E-state index contributed by atoms with van der Waals surface area (Å²) >= 11 is 0. The molecule has 0 saturated heterocycles. The highest BCUT2D eigenvalue weighted by atomic mass is 16.2. The highest BCUT2D eigenvalue weighted by Gasteiger charge is 2.13. The summed E-state index contributed by atoms with van der Waals surface area (Å²) in [6.45, 7) is 5.34. The van der Waals surface area contributed by atoms with Crippen molar-refractivity contribution in [1.29, 1.82) is 0 Å². The van der Waals surface area contributed by atoms with Crippen LogP contribution in [0.3, 0.4) is 0 Å². The van der Waals surface area contributed by atoms with Gasteiger partial charge in [0, 0.05) is 18.9 Å². The Morgan fingerprint density at radius 1 is 1.56 bits per heavy atom. The van der Waals surface area contributed by atoms with E-state index in [2.05, 4.69) is 24.3 Å². The predicted molar refractivity (Wildman–Crippen MR) is 62.7 cm³/mol. The number of nitrogens with zero attached hydrogens (tertiary/aromatic N) is 2. The van der Waals surface area contributed by atoms with E-state index in [1.54, 1.807) is 10.9 Å². The molecule has 1 aromatic heterocycles. The van der Waals surface area contributed by atoms with Crippen molar-refractivity contribution < 1.29 is 4.79 Å². The molecule has 5 nitrogen and oxygen atoms in total. The lowest BCUT2D eigenvalue weighted by atomic mass is 10.0. The smallest absolute Gasteiger partial charge is 0.236 e. The zero-order valence-electron chi connectivity index (χ0n) is 9.89. The first-order valence-electron chi connectivity index (χ1n) is 5.60. The second-order valence-electron chi connectivity index (χ2n) is 4.30. The minimum absolute atomic E-state index is 0.0825. The number of amides is 1. The standard InChI is InChI=1S/C11H20N4O/c1-9(2)8-10(12)11(16)13-5-7-15-6-3-4-14-15/h3-4,6,9-10H,5,7-8,12H2,1-2H3,(H,13,16)/t10-/m1/s1. The van der Waals surface area contributed by atoms with Crippen LogP contribution in [0.4, 0.5) is 0 Å². The number of aromatic nitrogens is 2. The summed E-state index contributed by atoms with van der Waals surface area (Å²) in [5, 5.41) is 6.84. The van der Waals surface area contributed by atoms with E-state index in [1.165, 1.54) is 0 Å². The molecule has 0 unspecified atom stereocenters. The van der Waals surface area contributed by atoms with Crippen LogP contribution in [0.1, 0.15) is 20.3 Å². The van der Waals surface area contributed by atoms with Gasteiger partial charge in [-0.15, -0.1) is 0 Å². The SMILES string of the molecule is CC(C)C[C@@H](N)C(=O)NCCn1cccn1. The van der Waals surface area contributed by atoms with Gasteiger partial charge >= 0.3 is 0 Å². The Balaban J connectivity index is 2.19. The molecule has 0 fully saturated rings. The number of hydrogen-bond acceptors (Lipinski definition) is 3. The average molecular weight is 224 g/mol. The molecule has 5 heteroatoms. The van der Waals surface area contributed by atoms with Gasteiger partial charge in [0.2, 0.25) is 5.91 Å². The van der Waals surface area contributed by atoms with Gasteiger partial charge in [0.15, 0.2) is 0 Å². The molecular formula is C11H20N4O. The normalized spacial score (nSPS) is 12.8. The molecule has 0 aliphatic rings. The molecule has 1 heterocycles. The summed E-state index contributed by atoms with van der Waals surface area (Å²) in [5.74, 6) is 0.354. The number of carbonyl (C=O) groups excluding carboxylic acids is 1. The zero-order valence-corrected chi connectivity index (χ0v) is 9.89. The lowest BCUT2D eigenvalue weighted by molar-refractivity contribution is -0.122. The zero-order chi connectivity index (χ0) is 12.0. The van der Waals surface area contributed by atoms with Crippen molar-refractivity contribution in [2.45, 2.75) is 32.9 Å². The first-order valence-corrected chi connectivity index (χ1v) is 5.60. The van der Waals surface area contributed by atoms with Gasteiger partial charge < -0.3 is 11.1 Å². The predicted octanol–water partition coefficient (Wildman–Crippen LogP) is 0.373. The lowest BCUT2D eigenvalue weighted by Crippen LogP contribution is -2.42. The maximum absolute atomic E-state index is 11.5. The quantitative estimate of drug-likeness (QED) is 0.733. The van der Waals surface area contributed by atoms with Gasteiger partial charge in [-0.05, 0) is 18.4 Å². The Hall–Kier alpha value is -1.36. The molecule has 1 atom stereocenters. The van der Waals surface area contributed by atoms with Crippen LogP contribution in [-0.2, 0) is 11.3 Å². The summed E-state index contributed by atoms with van der Waals surface area (Å²) in [4.78, 5) is 11.5. The first-order chi connectivity index (χ1) is 7.59. The number of rotatable bonds is 6. The van der Waals surface area contributed by atoms with E-state index in [9.17, 15) is 4.79 Å². The van der Waals surface area contributed by atoms with Gasteiger partial charge in [-0.25, -0.2) is 0 Å². The third-order valence-corrected chi connectivity index (χ3v) is 2.26. The van der Waals surface area contributed by atoms with Gasteiger partial charge in [-0.1, -0.05) is 13.8 Å². The van der Waals surface area contributed by atoms with E-state index in [4.69, 9.17) is 5.73 Å². The van der Waals surface area contributed by atoms with Crippen LogP contribution < -0.4 is 11.1 Å². The second kappa shape index (κ2) is 6.27. The van der Waals surface area contributed by atoms with E-state index in [-0.39, 0.29) is 5.91 Å². The molecule has 0 aliphatic carbocycles. The van der Waals surface area contributed by atoms with Crippen molar-refractivity contribution in [3.05, 3.63) is 18.5 Å². The van der Waals surface area contributed by atoms with Crippen molar-refractivity contribution in [2.75, 3.05) is 6.54 Å². The molecule has 1 aromatic rings. The number of hydrogen-bond donors (Lipinski definition) is 2. The van der Waals surface area contributed by atoms with Crippen molar-refractivity contribution in [2.24, 2.45) is 11.7 Å². The third kappa shape index (κ3) is 4.44. The van der Waals surface area contributed by atoms with Gasteiger partial charge in [0.1, 0.15) is 0 Å². The summed E-state index contributed by atoms with van der Waals surface area (Å²) in [6.07, 6.45) is 4.29. The first kappa shape index (κ1) is 12.7. The lowest BCUT2D eigenvalue weighted by Gasteiger charge is -2.14. The van der Waals surface area contributed by atoms with Crippen molar-refractivity contribution in [1.82, 2.24) is 15.1 Å². The van der Waals surface area contributed by atoms with E-state index in [0.717, 1.165) is 0 Å². The summed E-state index contributed by atoms with van der Waals surface area (Å²) in [6, 6.07) is 1.45. The van der Waals surface area contributed by atoms with E-state index in [1.807, 2.05) is 12.3 Å². The van der Waals surface area contributed by atoms with Crippen LogP contribution in [0, 0.1) is 5.92 Å². The van der Waals surface area contributed by atoms with Crippen molar-refractivity contribution in [3.8, 4) is 0 Å². The number of carbonyl (C=O) groups is 1. The molecule has 16 heavy (non-hydrogen) atoms. The maximum Gasteiger partial charge on any atom is 0.236 e. The van der Waals surface area contributed by atoms with Crippen LogP contribution in [0.5, 0.6) is 0 Å². The van der Waals surface area contributed by atoms with Crippen LogP contribution >= 0.6 is 0 Å². The molecule has 0 radical (unpaired) electrons. The monoisotopic (exact) mass is 224 g/mol. The fourth-order valence-electron chi connectivity index (χ4n) is 1.47. The van der Waals surface area contributed by atoms with Gasteiger partial charge in [-0.3, -0.25) is 9.48 Å². The second-order valence-corrected chi connectivity index (χ2v) is 4.30. The fraction of sp³-hybridized carbons (Fsp3) is 0.636. The minimum atomic E-state index is -0.405. The Bertz CT molecular complexity index is 308. The molecule has 1 amide bonds. The Morgan fingerprint density at radius 3 is 2.88 bits per heavy atom. The van der Waals surface area contributed by atoms with Gasteiger partial charge in [0.25, 0.3) is 0 Å². The Morgan fingerprint density at radius 2 is 2.31 bits per heavy atom. The van der Waals surface area contributed by atoms with E-state index in [0.29, 0.717) is 25.4 Å². The number of nitrogens with one attached hydrogen (secondary N) is 1. The van der Waals surface area contributed by atoms with Crippen molar-refractivity contribution >= 4 is 5.91 Å². The highest BCUT2D eigenvalue weighted by Crippen LogP contribution is 2.02. The molecule has 1 rings (SSSR count). The summed E-state index contributed by atoms with van der Waals surface area (Å²) in [5.41, 5.74) is 5.74. The molecule has 0 bridgehead atoms. The summed E-state index contributed by atoms with van der Waals surface area (Å²) < 4.78 is 1.77. The van der Waals surface area contributed by atoms with Crippen LogP contribution in [0.2, 0.25) is 0 Å². The molecule has 3 N–H and O–H groups in total. The minimum Gasteiger partial charge on any atom is -0.353 e. The van der Waals surface area contributed by atoms with Crippen LogP contribution in [0.25, 0.3) is 0 Å². The molecule has 90 valence electrons. The Kier molecular flexibility index (Phi) is 4.98. The van der Waals surface area contributed by atoms with E-state index < -0.39 is 6.04 Å². The largest absolute Gasteiger partial charge is 0.353 e. The third-order valence-electron chi connectivity index (χ3n) is 2.26. The van der Waals surface area contributed by atoms with Gasteiger partial charge in [-0.2, -0.15) is 5.10 Å². The molecule has 0 aromatic carbocycles. The molecular weight excluding hydrogens is 204 g/mol. The summed E-state index contributed by atoms with van der Waals surface area (Å²) in [7, 11) is 0. The fourth-order valence-corrected chi connectivity index (χ4v) is 1.47. The maximum atomic E-state index is 11.5. The number of nitrogens with two attached hydrogens (primary N) is 1. The highest BCUT2D eigenvalue weighted by molar-refractivity contribution is 5.81. The van der Waals surface area contributed by atoms with Crippen LogP contribution in [0.15, 0.2) is 18.5 Å². The Labute approximate surface area is 96.0 Å². The molecule has 0 spiro atoms. The van der Waals surface area contributed by atoms with E-state index >= 15 is 0 Å². The van der Waals surface area contributed by atoms with Gasteiger partial charge in [0.05, 0.1) is 12.6 Å². The molecule has 0 aliphatic heterocycles. The topological polar surface area (TPSA) is 72.9 Å². The average Bonchev–Trinajstić information content (AvgIpc) is 2.69. The molecule has 0 saturated carbocycles. The van der Waals surface area contributed by atoms with Crippen molar-refractivity contribution in [3.63, 3.8) is 0 Å².